The van der Waals surface area contributed by atoms with Gasteiger partial charge in [-0.1, -0.05) is 61.2 Å². The van der Waals surface area contributed by atoms with Crippen LogP contribution in [0.25, 0.3) is 10.9 Å². The summed E-state index contributed by atoms with van der Waals surface area (Å²) in [4.78, 5) is 30.6. The maximum atomic E-state index is 13.2. The number of amides is 1. The Labute approximate surface area is 190 Å². The van der Waals surface area contributed by atoms with Crippen LogP contribution in [0.5, 0.6) is 0 Å². The zero-order chi connectivity index (χ0) is 22.5. The largest absolute Gasteiger partial charge is 0.467 e. The van der Waals surface area contributed by atoms with Crippen molar-refractivity contribution in [2.75, 3.05) is 6.54 Å². The molecule has 164 valence electrons. The molecule has 4 aromatic rings. The predicted molar refractivity (Wildman–Crippen MR) is 127 cm³/mol. The third-order valence-electron chi connectivity index (χ3n) is 5.32. The monoisotopic (exact) mass is 447 g/mol. The lowest BCUT2D eigenvalue weighted by atomic mass is 10.0. The highest BCUT2D eigenvalue weighted by Crippen LogP contribution is 2.24. The lowest BCUT2D eigenvalue weighted by Gasteiger charge is -2.17. The Hall–Kier alpha value is -3.32. The van der Waals surface area contributed by atoms with Gasteiger partial charge >= 0.3 is 0 Å². The maximum Gasteiger partial charge on any atom is 0.262 e. The van der Waals surface area contributed by atoms with Crippen molar-refractivity contribution in [3.8, 4) is 0 Å². The van der Waals surface area contributed by atoms with Crippen LogP contribution in [-0.2, 0) is 11.3 Å². The lowest BCUT2D eigenvalue weighted by molar-refractivity contribution is -0.120. The van der Waals surface area contributed by atoms with E-state index in [1.807, 2.05) is 49.4 Å². The molecule has 0 spiro atoms. The normalized spacial score (nSPS) is 13.1. The van der Waals surface area contributed by atoms with Gasteiger partial charge in [-0.05, 0) is 42.7 Å². The van der Waals surface area contributed by atoms with E-state index < -0.39 is 5.25 Å². The van der Waals surface area contributed by atoms with Gasteiger partial charge in [-0.15, -0.1) is 0 Å². The molecule has 0 aliphatic rings. The van der Waals surface area contributed by atoms with E-state index in [1.165, 1.54) is 17.3 Å². The van der Waals surface area contributed by atoms with Gasteiger partial charge in [0.2, 0.25) is 5.91 Å². The third kappa shape index (κ3) is 4.94. The van der Waals surface area contributed by atoms with E-state index >= 15 is 0 Å². The van der Waals surface area contributed by atoms with Crippen molar-refractivity contribution in [2.45, 2.75) is 36.7 Å². The fourth-order valence-electron chi connectivity index (χ4n) is 3.44. The second-order valence-corrected chi connectivity index (χ2v) is 9.01. The molecule has 4 rings (SSSR count). The SMILES string of the molecule is CC(Sc1nc2ccccc2c(=O)n1Cc1ccco1)C(=O)NCC(C)c1ccccc1. The van der Waals surface area contributed by atoms with E-state index in [4.69, 9.17) is 4.42 Å². The number of thioether (sulfide) groups is 1. The van der Waals surface area contributed by atoms with Gasteiger partial charge in [-0.3, -0.25) is 14.2 Å². The Morgan fingerprint density at radius 1 is 1.06 bits per heavy atom. The zero-order valence-electron chi connectivity index (χ0n) is 18.0. The molecule has 0 aliphatic heterocycles. The average molecular weight is 448 g/mol. The van der Waals surface area contributed by atoms with Gasteiger partial charge in [0.05, 0.1) is 29.0 Å². The summed E-state index contributed by atoms with van der Waals surface area (Å²) >= 11 is 1.27. The van der Waals surface area contributed by atoms with Gasteiger partial charge in [-0.2, -0.15) is 0 Å². The number of carbonyl (C=O) groups is 1. The first-order valence-corrected chi connectivity index (χ1v) is 11.4. The number of aromatic nitrogens is 2. The van der Waals surface area contributed by atoms with Gasteiger partial charge in [0.15, 0.2) is 5.16 Å². The Morgan fingerprint density at radius 2 is 1.81 bits per heavy atom. The Bertz CT molecular complexity index is 1250. The van der Waals surface area contributed by atoms with Crippen molar-refractivity contribution in [1.82, 2.24) is 14.9 Å². The first kappa shape index (κ1) is 21.9. The van der Waals surface area contributed by atoms with Gasteiger partial charge in [-0.25, -0.2) is 4.98 Å². The van der Waals surface area contributed by atoms with Gasteiger partial charge in [0.1, 0.15) is 5.76 Å². The van der Waals surface area contributed by atoms with Crippen LogP contribution in [0.4, 0.5) is 0 Å². The summed E-state index contributed by atoms with van der Waals surface area (Å²) in [6, 6.07) is 20.9. The van der Waals surface area contributed by atoms with Crippen LogP contribution >= 0.6 is 11.8 Å². The number of carbonyl (C=O) groups excluding carboxylic acids is 1. The van der Waals surface area contributed by atoms with Crippen molar-refractivity contribution in [2.24, 2.45) is 0 Å². The minimum Gasteiger partial charge on any atom is -0.467 e. The summed E-state index contributed by atoms with van der Waals surface area (Å²) in [5.41, 5.74) is 1.64. The molecule has 1 amide bonds. The van der Waals surface area contributed by atoms with Crippen LogP contribution in [0.3, 0.4) is 0 Å². The molecule has 2 heterocycles. The fraction of sp³-hybridized carbons (Fsp3) is 0.240. The van der Waals surface area contributed by atoms with Crippen molar-refractivity contribution in [1.29, 1.82) is 0 Å². The number of benzene rings is 2. The lowest BCUT2D eigenvalue weighted by Crippen LogP contribution is -2.34. The highest BCUT2D eigenvalue weighted by Gasteiger charge is 2.20. The smallest absolute Gasteiger partial charge is 0.262 e. The van der Waals surface area contributed by atoms with Crippen molar-refractivity contribution in [3.05, 3.63) is 94.7 Å². The fourth-order valence-corrected chi connectivity index (χ4v) is 4.38. The molecule has 2 atom stereocenters. The summed E-state index contributed by atoms with van der Waals surface area (Å²) in [5, 5.41) is 3.63. The molecule has 2 unspecified atom stereocenters. The molecule has 0 saturated heterocycles. The quantitative estimate of drug-likeness (QED) is 0.319. The Balaban J connectivity index is 1.53. The average Bonchev–Trinajstić information content (AvgIpc) is 3.33. The molecule has 2 aromatic carbocycles. The molecular weight excluding hydrogens is 422 g/mol. The summed E-state index contributed by atoms with van der Waals surface area (Å²) in [5.74, 6) is 0.762. The third-order valence-corrected chi connectivity index (χ3v) is 6.41. The minimum atomic E-state index is -0.422. The van der Waals surface area contributed by atoms with E-state index in [2.05, 4.69) is 29.4 Å². The van der Waals surface area contributed by atoms with E-state index in [0.717, 1.165) is 0 Å². The molecule has 1 N–H and O–H groups in total. The summed E-state index contributed by atoms with van der Waals surface area (Å²) in [6.07, 6.45) is 1.58. The highest BCUT2D eigenvalue weighted by atomic mass is 32.2. The van der Waals surface area contributed by atoms with Gasteiger partial charge in [0, 0.05) is 6.54 Å². The molecule has 0 fully saturated rings. The second-order valence-electron chi connectivity index (χ2n) is 7.70. The number of hydrogen-bond acceptors (Lipinski definition) is 5. The first-order valence-electron chi connectivity index (χ1n) is 10.5. The highest BCUT2D eigenvalue weighted by molar-refractivity contribution is 8.00. The van der Waals surface area contributed by atoms with Crippen LogP contribution in [0.15, 0.2) is 87.4 Å². The Kier molecular flexibility index (Phi) is 6.75. The number of nitrogens with one attached hydrogen (secondary N) is 1. The molecular formula is C25H25N3O3S. The number of fused-ring (bicyclic) bond motifs is 1. The first-order chi connectivity index (χ1) is 15.5. The molecule has 0 bridgehead atoms. The number of nitrogens with zero attached hydrogens (tertiary/aromatic N) is 2. The standard InChI is InChI=1S/C25H25N3O3S/c1-17(19-9-4-3-5-10-19)15-26-23(29)18(2)32-25-27-22-13-7-6-12-21(22)24(30)28(25)16-20-11-8-14-31-20/h3-14,17-18H,15-16H2,1-2H3,(H,26,29). The van der Waals surface area contributed by atoms with Crippen molar-refractivity contribution >= 4 is 28.6 Å². The van der Waals surface area contributed by atoms with Crippen molar-refractivity contribution < 1.29 is 9.21 Å². The maximum absolute atomic E-state index is 13.2. The number of hydrogen-bond donors (Lipinski definition) is 1. The molecule has 0 aliphatic carbocycles. The van der Waals surface area contributed by atoms with Crippen LogP contribution in [0.1, 0.15) is 31.1 Å². The van der Waals surface area contributed by atoms with Gasteiger partial charge < -0.3 is 9.73 Å². The molecule has 2 aromatic heterocycles. The summed E-state index contributed by atoms with van der Waals surface area (Å²) < 4.78 is 7.01. The molecule has 0 radical (unpaired) electrons. The number of rotatable bonds is 8. The van der Waals surface area contributed by atoms with E-state index in [-0.39, 0.29) is 23.9 Å². The number of furan rings is 1. The number of para-hydroxylation sites is 1. The van der Waals surface area contributed by atoms with Crippen molar-refractivity contribution in [3.63, 3.8) is 0 Å². The molecule has 0 saturated carbocycles. The van der Waals surface area contributed by atoms with E-state index in [9.17, 15) is 9.59 Å². The molecule has 32 heavy (non-hydrogen) atoms. The van der Waals surface area contributed by atoms with E-state index in [0.29, 0.717) is 28.4 Å². The second kappa shape index (κ2) is 9.87. The topological polar surface area (TPSA) is 77.1 Å². The van der Waals surface area contributed by atoms with Crippen LogP contribution in [-0.4, -0.2) is 27.3 Å². The summed E-state index contributed by atoms with van der Waals surface area (Å²) in [7, 11) is 0. The van der Waals surface area contributed by atoms with E-state index in [1.54, 1.807) is 23.0 Å². The molecule has 7 heteroatoms. The zero-order valence-corrected chi connectivity index (χ0v) is 18.8. The van der Waals surface area contributed by atoms with Crippen LogP contribution in [0.2, 0.25) is 0 Å². The molecule has 6 nitrogen and oxygen atoms in total. The predicted octanol–water partition coefficient (Wildman–Crippen LogP) is 4.44. The Morgan fingerprint density at radius 3 is 2.56 bits per heavy atom. The minimum absolute atomic E-state index is 0.0928. The van der Waals surface area contributed by atoms with Gasteiger partial charge in [0.25, 0.3) is 5.56 Å². The van der Waals surface area contributed by atoms with Crippen LogP contribution < -0.4 is 10.9 Å². The summed E-state index contributed by atoms with van der Waals surface area (Å²) in [6.45, 7) is 4.70. The van der Waals surface area contributed by atoms with Crippen LogP contribution in [0, 0.1) is 0 Å².